The Labute approximate surface area is 122 Å². The fourth-order valence-electron chi connectivity index (χ4n) is 1.89. The van der Waals surface area contributed by atoms with Crippen LogP contribution in [0, 0.1) is 0 Å². The van der Waals surface area contributed by atoms with Crippen LogP contribution < -0.4 is 5.32 Å². The van der Waals surface area contributed by atoms with Crippen molar-refractivity contribution in [2.24, 2.45) is 0 Å². The van der Waals surface area contributed by atoms with E-state index in [4.69, 9.17) is 27.9 Å². The van der Waals surface area contributed by atoms with Crippen LogP contribution in [0.3, 0.4) is 0 Å². The first kappa shape index (κ1) is 14.5. The molecule has 5 heteroatoms. The Morgan fingerprint density at radius 2 is 2.28 bits per heavy atom. The first-order valence-electron chi connectivity index (χ1n) is 6.16. The minimum atomic E-state index is 0.407. The number of ether oxygens (including phenoxy) is 1. The molecule has 0 amide bonds. The smallest absolute Gasteiger partial charge is 0.0700 e. The average Bonchev–Trinajstić information content (AvgIpc) is 2.86. The van der Waals surface area contributed by atoms with Crippen molar-refractivity contribution in [1.82, 2.24) is 5.32 Å². The highest BCUT2D eigenvalue weighted by Gasteiger charge is 2.14. The lowest BCUT2D eigenvalue weighted by molar-refractivity contribution is 0.110. The monoisotopic (exact) mass is 305 g/mol. The summed E-state index contributed by atoms with van der Waals surface area (Å²) < 4.78 is 5.54. The van der Waals surface area contributed by atoms with E-state index in [0.717, 1.165) is 40.4 Å². The number of hydrogen-bond donors (Lipinski definition) is 1. The van der Waals surface area contributed by atoms with Gasteiger partial charge in [0, 0.05) is 35.4 Å². The molecule has 1 heterocycles. The molecule has 1 N–H and O–H groups in total. The molecule has 2 nitrogen and oxygen atoms in total. The second kappa shape index (κ2) is 7.61. The molecule has 0 saturated carbocycles. The Morgan fingerprint density at radius 3 is 3.06 bits per heavy atom. The summed E-state index contributed by atoms with van der Waals surface area (Å²) in [4.78, 5) is 1.04. The van der Waals surface area contributed by atoms with Crippen LogP contribution >= 0.6 is 35.0 Å². The van der Waals surface area contributed by atoms with E-state index in [1.807, 2.05) is 18.2 Å². The third-order valence-electron chi connectivity index (χ3n) is 2.83. The molecule has 1 atom stereocenters. The maximum Gasteiger partial charge on any atom is 0.0700 e. The van der Waals surface area contributed by atoms with Crippen molar-refractivity contribution >= 4 is 35.0 Å². The molecular weight excluding hydrogens is 289 g/mol. The van der Waals surface area contributed by atoms with Gasteiger partial charge in [0.05, 0.1) is 11.1 Å². The van der Waals surface area contributed by atoms with Gasteiger partial charge in [0.25, 0.3) is 0 Å². The van der Waals surface area contributed by atoms with E-state index in [0.29, 0.717) is 6.10 Å². The molecule has 1 fully saturated rings. The zero-order chi connectivity index (χ0) is 12.8. The average molecular weight is 306 g/mol. The van der Waals surface area contributed by atoms with E-state index in [1.54, 1.807) is 11.8 Å². The Bertz CT molecular complexity index is 383. The third-order valence-corrected chi connectivity index (χ3v) is 4.56. The fraction of sp³-hybridized carbons (Fsp3) is 0.538. The molecule has 1 saturated heterocycles. The highest BCUT2D eigenvalue weighted by atomic mass is 35.5. The van der Waals surface area contributed by atoms with Crippen LogP contribution in [0.4, 0.5) is 0 Å². The molecule has 100 valence electrons. The van der Waals surface area contributed by atoms with Crippen molar-refractivity contribution in [3.63, 3.8) is 0 Å². The number of halogens is 2. The van der Waals surface area contributed by atoms with Gasteiger partial charge >= 0.3 is 0 Å². The van der Waals surface area contributed by atoms with Crippen LogP contribution in [0.25, 0.3) is 0 Å². The minimum Gasteiger partial charge on any atom is -0.377 e. The summed E-state index contributed by atoms with van der Waals surface area (Å²) in [5.74, 6) is 0.979. The summed E-state index contributed by atoms with van der Waals surface area (Å²) in [6.07, 6.45) is 2.78. The summed E-state index contributed by atoms with van der Waals surface area (Å²) >= 11 is 13.8. The van der Waals surface area contributed by atoms with E-state index in [1.165, 1.54) is 12.8 Å². The molecule has 18 heavy (non-hydrogen) atoms. The van der Waals surface area contributed by atoms with Gasteiger partial charge in [-0.25, -0.2) is 0 Å². The van der Waals surface area contributed by atoms with Crippen LogP contribution in [-0.2, 0) is 4.74 Å². The lowest BCUT2D eigenvalue weighted by atomic mass is 10.2. The van der Waals surface area contributed by atoms with Gasteiger partial charge in [-0.1, -0.05) is 23.2 Å². The second-order valence-electron chi connectivity index (χ2n) is 4.26. The first-order valence-corrected chi connectivity index (χ1v) is 7.90. The van der Waals surface area contributed by atoms with Crippen LogP contribution in [0.15, 0.2) is 23.1 Å². The largest absolute Gasteiger partial charge is 0.377 e. The molecule has 2 rings (SSSR count). The highest BCUT2D eigenvalue weighted by Crippen LogP contribution is 2.29. The van der Waals surface area contributed by atoms with Crippen molar-refractivity contribution in [2.75, 3.05) is 25.4 Å². The topological polar surface area (TPSA) is 21.3 Å². The summed E-state index contributed by atoms with van der Waals surface area (Å²) in [6.45, 7) is 2.82. The van der Waals surface area contributed by atoms with Gasteiger partial charge in [-0.3, -0.25) is 0 Å². The molecule has 1 unspecified atom stereocenters. The van der Waals surface area contributed by atoms with Crippen molar-refractivity contribution < 1.29 is 4.74 Å². The first-order chi connectivity index (χ1) is 8.75. The number of hydrogen-bond acceptors (Lipinski definition) is 3. The summed E-state index contributed by atoms with van der Waals surface area (Å²) in [6, 6.07) is 5.56. The molecule has 1 aromatic rings. The van der Waals surface area contributed by atoms with Crippen LogP contribution in [0.5, 0.6) is 0 Å². The molecule has 0 spiro atoms. The standard InChI is InChI=1S/C13H17Cl2NOS/c14-10-3-4-12(15)13(8-10)18-7-5-16-9-11-2-1-6-17-11/h3-4,8,11,16H,1-2,5-7,9H2. The molecular formula is C13H17Cl2NOS. The van der Waals surface area contributed by atoms with Gasteiger partial charge in [-0.2, -0.15) is 0 Å². The van der Waals surface area contributed by atoms with E-state index in [-0.39, 0.29) is 0 Å². The zero-order valence-electron chi connectivity index (χ0n) is 10.1. The molecule has 1 aliphatic heterocycles. The quantitative estimate of drug-likeness (QED) is 0.637. The van der Waals surface area contributed by atoms with Crippen molar-refractivity contribution in [1.29, 1.82) is 0 Å². The number of nitrogens with one attached hydrogen (secondary N) is 1. The van der Waals surface area contributed by atoms with Gasteiger partial charge in [-0.05, 0) is 31.0 Å². The summed E-state index contributed by atoms with van der Waals surface area (Å²) in [5.41, 5.74) is 0. The van der Waals surface area contributed by atoms with Crippen molar-refractivity contribution in [3.05, 3.63) is 28.2 Å². The Kier molecular flexibility index (Phi) is 6.12. The Hall–Kier alpha value is 0.0700. The predicted molar refractivity (Wildman–Crippen MR) is 79.0 cm³/mol. The molecule has 1 aromatic carbocycles. The van der Waals surface area contributed by atoms with Crippen LogP contribution in [0.1, 0.15) is 12.8 Å². The van der Waals surface area contributed by atoms with Gasteiger partial charge in [0.2, 0.25) is 0 Å². The molecule has 0 radical (unpaired) electrons. The molecule has 0 bridgehead atoms. The van der Waals surface area contributed by atoms with Gasteiger partial charge in [0.1, 0.15) is 0 Å². The maximum atomic E-state index is 6.09. The molecule has 0 aliphatic carbocycles. The second-order valence-corrected chi connectivity index (χ2v) is 6.24. The van der Waals surface area contributed by atoms with Gasteiger partial charge in [-0.15, -0.1) is 11.8 Å². The van der Waals surface area contributed by atoms with Crippen LogP contribution in [0.2, 0.25) is 10.0 Å². The van der Waals surface area contributed by atoms with Crippen molar-refractivity contribution in [2.45, 2.75) is 23.8 Å². The predicted octanol–water partition coefficient (Wildman–Crippen LogP) is 3.85. The normalized spacial score (nSPS) is 19.3. The fourth-order valence-corrected chi connectivity index (χ4v) is 3.29. The third kappa shape index (κ3) is 4.63. The van der Waals surface area contributed by atoms with E-state index < -0.39 is 0 Å². The Balaban J connectivity index is 1.64. The van der Waals surface area contributed by atoms with E-state index in [9.17, 15) is 0 Å². The number of rotatable bonds is 6. The minimum absolute atomic E-state index is 0.407. The number of thioether (sulfide) groups is 1. The summed E-state index contributed by atoms with van der Waals surface area (Å²) in [7, 11) is 0. The van der Waals surface area contributed by atoms with E-state index >= 15 is 0 Å². The van der Waals surface area contributed by atoms with Gasteiger partial charge < -0.3 is 10.1 Å². The number of benzene rings is 1. The molecule has 1 aliphatic rings. The van der Waals surface area contributed by atoms with Crippen LogP contribution in [-0.4, -0.2) is 31.6 Å². The highest BCUT2D eigenvalue weighted by molar-refractivity contribution is 7.99. The molecule has 0 aromatic heterocycles. The Morgan fingerprint density at radius 1 is 1.39 bits per heavy atom. The van der Waals surface area contributed by atoms with Crippen molar-refractivity contribution in [3.8, 4) is 0 Å². The van der Waals surface area contributed by atoms with E-state index in [2.05, 4.69) is 5.32 Å². The van der Waals surface area contributed by atoms with Gasteiger partial charge in [0.15, 0.2) is 0 Å². The SMILES string of the molecule is Clc1ccc(Cl)c(SCCNCC2CCCO2)c1. The lowest BCUT2D eigenvalue weighted by Gasteiger charge is -2.10. The lowest BCUT2D eigenvalue weighted by Crippen LogP contribution is -2.27. The zero-order valence-corrected chi connectivity index (χ0v) is 12.5. The summed E-state index contributed by atoms with van der Waals surface area (Å²) in [5, 5.41) is 4.91. The maximum absolute atomic E-state index is 6.09.